The number of carbonyl (C=O) groups excluding carboxylic acids is 2. The van der Waals surface area contributed by atoms with E-state index in [-0.39, 0.29) is 24.9 Å². The SMILES string of the molecule is CCOC(=O)c1cc(CC)sc1NC(=O)CSc1nnc(COc2ccc(OC)cc2)n1CC. The second-order valence-corrected chi connectivity index (χ2v) is 9.05. The lowest BCUT2D eigenvalue weighted by Gasteiger charge is -2.09. The molecule has 0 atom stereocenters. The molecular formula is C23H28N4O5S2. The fraction of sp³-hybridized carbons (Fsp3) is 0.391. The first-order chi connectivity index (χ1) is 16.5. The number of esters is 1. The van der Waals surface area contributed by atoms with E-state index in [4.69, 9.17) is 14.2 Å². The summed E-state index contributed by atoms with van der Waals surface area (Å²) in [6, 6.07) is 9.07. The van der Waals surface area contributed by atoms with E-state index in [1.54, 1.807) is 20.1 Å². The predicted octanol–water partition coefficient (Wildman–Crippen LogP) is 4.42. The number of hydrogen-bond acceptors (Lipinski definition) is 9. The summed E-state index contributed by atoms with van der Waals surface area (Å²) in [5.74, 6) is 1.56. The van der Waals surface area contributed by atoms with Crippen LogP contribution in [0.5, 0.6) is 11.5 Å². The van der Waals surface area contributed by atoms with Crippen LogP contribution >= 0.6 is 23.1 Å². The Hall–Kier alpha value is -3.05. The number of hydrogen-bond donors (Lipinski definition) is 1. The number of thioether (sulfide) groups is 1. The molecule has 0 saturated carbocycles. The molecule has 0 saturated heterocycles. The molecule has 34 heavy (non-hydrogen) atoms. The molecule has 1 N–H and O–H groups in total. The lowest BCUT2D eigenvalue weighted by molar-refractivity contribution is -0.113. The molecule has 0 radical (unpaired) electrons. The van der Waals surface area contributed by atoms with Crippen LogP contribution in [0.15, 0.2) is 35.5 Å². The van der Waals surface area contributed by atoms with Gasteiger partial charge in [0.05, 0.1) is 25.0 Å². The van der Waals surface area contributed by atoms with Crippen molar-refractivity contribution in [3.63, 3.8) is 0 Å². The van der Waals surface area contributed by atoms with Crippen molar-refractivity contribution in [1.82, 2.24) is 14.8 Å². The lowest BCUT2D eigenvalue weighted by Crippen LogP contribution is -2.16. The summed E-state index contributed by atoms with van der Waals surface area (Å²) in [7, 11) is 1.61. The number of benzene rings is 1. The zero-order chi connectivity index (χ0) is 24.5. The molecule has 0 aliphatic rings. The topological polar surface area (TPSA) is 105 Å². The summed E-state index contributed by atoms with van der Waals surface area (Å²) < 4.78 is 18.0. The van der Waals surface area contributed by atoms with E-state index in [2.05, 4.69) is 15.5 Å². The van der Waals surface area contributed by atoms with Crippen LogP contribution in [-0.4, -0.2) is 46.1 Å². The summed E-state index contributed by atoms with van der Waals surface area (Å²) in [6.07, 6.45) is 0.767. The summed E-state index contributed by atoms with van der Waals surface area (Å²) in [5, 5.41) is 12.4. The standard InChI is InChI=1S/C23H28N4O5S2/c1-5-17-12-18(22(29)31-7-3)21(34-17)24-20(28)14-33-23-26-25-19(27(23)6-2)13-32-16-10-8-15(30-4)9-11-16/h8-12H,5-7,13-14H2,1-4H3,(H,24,28). The first kappa shape index (κ1) is 25.6. The van der Waals surface area contributed by atoms with Gasteiger partial charge in [-0.15, -0.1) is 21.5 Å². The number of aryl methyl sites for hydroxylation is 1. The number of nitrogens with one attached hydrogen (secondary N) is 1. The van der Waals surface area contributed by atoms with Gasteiger partial charge in [-0.3, -0.25) is 4.79 Å². The van der Waals surface area contributed by atoms with Gasteiger partial charge in [-0.1, -0.05) is 18.7 Å². The Labute approximate surface area is 206 Å². The molecule has 0 bridgehead atoms. The molecule has 2 heterocycles. The molecule has 9 nitrogen and oxygen atoms in total. The molecule has 1 aromatic carbocycles. The Kier molecular flexibility index (Phi) is 9.34. The highest BCUT2D eigenvalue weighted by Crippen LogP contribution is 2.30. The third-order valence-corrected chi connectivity index (χ3v) is 6.91. The molecule has 0 spiro atoms. The molecule has 1 amide bonds. The average molecular weight is 505 g/mol. The van der Waals surface area contributed by atoms with E-state index in [0.29, 0.717) is 33.8 Å². The molecule has 11 heteroatoms. The molecule has 0 aliphatic carbocycles. The maximum atomic E-state index is 12.6. The molecule has 182 valence electrons. The predicted molar refractivity (Wildman–Crippen MR) is 132 cm³/mol. The van der Waals surface area contributed by atoms with E-state index < -0.39 is 5.97 Å². The molecule has 0 unspecified atom stereocenters. The maximum absolute atomic E-state index is 12.6. The number of amides is 1. The monoisotopic (exact) mass is 504 g/mol. The normalized spacial score (nSPS) is 10.7. The van der Waals surface area contributed by atoms with Crippen molar-refractivity contribution in [3.8, 4) is 11.5 Å². The number of methoxy groups -OCH3 is 1. The van der Waals surface area contributed by atoms with Crippen molar-refractivity contribution in [2.75, 3.05) is 24.8 Å². The molecule has 2 aromatic heterocycles. The van der Waals surface area contributed by atoms with Crippen LogP contribution in [0, 0.1) is 0 Å². The maximum Gasteiger partial charge on any atom is 0.341 e. The van der Waals surface area contributed by atoms with E-state index in [1.165, 1.54) is 23.1 Å². The average Bonchev–Trinajstić information content (AvgIpc) is 3.45. The second kappa shape index (κ2) is 12.4. The molecular weight excluding hydrogens is 476 g/mol. The van der Waals surface area contributed by atoms with Crippen LogP contribution in [0.25, 0.3) is 0 Å². The zero-order valence-electron chi connectivity index (χ0n) is 19.6. The van der Waals surface area contributed by atoms with E-state index >= 15 is 0 Å². The van der Waals surface area contributed by atoms with Crippen LogP contribution < -0.4 is 14.8 Å². The van der Waals surface area contributed by atoms with Crippen molar-refractivity contribution in [1.29, 1.82) is 0 Å². The largest absolute Gasteiger partial charge is 0.497 e. The zero-order valence-corrected chi connectivity index (χ0v) is 21.3. The summed E-state index contributed by atoms with van der Waals surface area (Å²) >= 11 is 2.66. The first-order valence-electron chi connectivity index (χ1n) is 10.9. The van der Waals surface area contributed by atoms with Gasteiger partial charge in [0.25, 0.3) is 0 Å². The highest BCUT2D eigenvalue weighted by molar-refractivity contribution is 7.99. The minimum atomic E-state index is -0.436. The number of thiophene rings is 1. The van der Waals surface area contributed by atoms with Gasteiger partial charge in [-0.25, -0.2) is 4.79 Å². The molecule has 0 aliphatic heterocycles. The summed E-state index contributed by atoms with van der Waals surface area (Å²) in [6.45, 7) is 6.88. The van der Waals surface area contributed by atoms with Gasteiger partial charge < -0.3 is 24.1 Å². The van der Waals surface area contributed by atoms with Crippen molar-refractivity contribution < 1.29 is 23.8 Å². The molecule has 3 aromatic rings. The van der Waals surface area contributed by atoms with E-state index in [0.717, 1.165) is 17.0 Å². The van der Waals surface area contributed by atoms with Gasteiger partial charge >= 0.3 is 5.97 Å². The third-order valence-electron chi connectivity index (χ3n) is 4.75. The Balaban J connectivity index is 1.60. The van der Waals surface area contributed by atoms with Gasteiger partial charge in [0, 0.05) is 11.4 Å². The number of anilines is 1. The van der Waals surface area contributed by atoms with Gasteiger partial charge in [0.15, 0.2) is 11.0 Å². The Morgan fingerprint density at radius 1 is 1.12 bits per heavy atom. The smallest absolute Gasteiger partial charge is 0.341 e. The van der Waals surface area contributed by atoms with Crippen LogP contribution in [0.4, 0.5) is 5.00 Å². The van der Waals surface area contributed by atoms with Gasteiger partial charge in [0.2, 0.25) is 5.91 Å². The fourth-order valence-corrected chi connectivity index (χ4v) is 4.85. The third kappa shape index (κ3) is 6.51. The minimum Gasteiger partial charge on any atom is -0.497 e. The highest BCUT2D eigenvalue weighted by atomic mass is 32.2. The van der Waals surface area contributed by atoms with Crippen LogP contribution in [-0.2, 0) is 29.1 Å². The van der Waals surface area contributed by atoms with Crippen molar-refractivity contribution in [2.24, 2.45) is 0 Å². The Morgan fingerprint density at radius 3 is 2.50 bits per heavy atom. The second-order valence-electron chi connectivity index (χ2n) is 6.97. The summed E-state index contributed by atoms with van der Waals surface area (Å²) in [5.41, 5.74) is 0.386. The number of rotatable bonds is 12. The van der Waals surface area contributed by atoms with Crippen molar-refractivity contribution >= 4 is 40.0 Å². The van der Waals surface area contributed by atoms with Crippen LogP contribution in [0.3, 0.4) is 0 Å². The minimum absolute atomic E-state index is 0.124. The first-order valence-corrected chi connectivity index (χ1v) is 12.7. The van der Waals surface area contributed by atoms with E-state index in [1.807, 2.05) is 42.7 Å². The van der Waals surface area contributed by atoms with Crippen LogP contribution in [0.1, 0.15) is 41.8 Å². The number of nitrogens with zero attached hydrogens (tertiary/aromatic N) is 3. The number of aromatic nitrogens is 3. The number of carbonyl (C=O) groups is 2. The summed E-state index contributed by atoms with van der Waals surface area (Å²) in [4.78, 5) is 25.8. The van der Waals surface area contributed by atoms with Crippen molar-refractivity contribution in [3.05, 3.63) is 46.6 Å². The number of ether oxygens (including phenoxy) is 3. The Bertz CT molecular complexity index is 1110. The molecule has 3 rings (SSSR count). The molecule has 0 fully saturated rings. The van der Waals surface area contributed by atoms with Gasteiger partial charge in [0.1, 0.15) is 23.1 Å². The van der Waals surface area contributed by atoms with E-state index in [9.17, 15) is 9.59 Å². The highest BCUT2D eigenvalue weighted by Gasteiger charge is 2.20. The van der Waals surface area contributed by atoms with Crippen LogP contribution in [0.2, 0.25) is 0 Å². The van der Waals surface area contributed by atoms with Gasteiger partial charge in [-0.05, 0) is 50.6 Å². The lowest BCUT2D eigenvalue weighted by atomic mass is 10.2. The van der Waals surface area contributed by atoms with Crippen molar-refractivity contribution in [2.45, 2.75) is 45.5 Å². The Morgan fingerprint density at radius 2 is 1.85 bits per heavy atom. The fourth-order valence-electron chi connectivity index (χ4n) is 3.03. The van der Waals surface area contributed by atoms with Gasteiger partial charge in [-0.2, -0.15) is 0 Å². The quantitative estimate of drug-likeness (QED) is 0.286.